The third-order valence-electron chi connectivity index (χ3n) is 7.95. The van der Waals surface area contributed by atoms with Gasteiger partial charge < -0.3 is 19.4 Å². The number of benzene rings is 2. The highest BCUT2D eigenvalue weighted by molar-refractivity contribution is 9.10. The van der Waals surface area contributed by atoms with Gasteiger partial charge in [0.25, 0.3) is 0 Å². The zero-order valence-electron chi connectivity index (χ0n) is 23.6. The SMILES string of the molecule is CC.COC(=O)c1cc(B2CC(C)(C)C(C)(C)C2)c2cc[nH]c2c1.COC(=O)c1cc(Br)c2cc[nH]c2c1. The maximum Gasteiger partial charge on any atom is 0.337 e. The highest BCUT2D eigenvalue weighted by Crippen LogP contribution is 2.52. The number of hydrogen-bond acceptors (Lipinski definition) is 4. The fourth-order valence-electron chi connectivity index (χ4n) is 5.20. The molecule has 202 valence electrons. The number of H-pyrrole nitrogens is 2. The van der Waals surface area contributed by atoms with Crippen molar-refractivity contribution in [1.82, 2.24) is 9.97 Å². The van der Waals surface area contributed by atoms with E-state index < -0.39 is 0 Å². The minimum Gasteiger partial charge on any atom is -0.465 e. The van der Waals surface area contributed by atoms with Gasteiger partial charge in [-0.1, -0.05) is 81.6 Å². The Labute approximate surface area is 234 Å². The van der Waals surface area contributed by atoms with Crippen LogP contribution in [0.25, 0.3) is 21.8 Å². The van der Waals surface area contributed by atoms with E-state index in [0.29, 0.717) is 28.7 Å². The van der Waals surface area contributed by atoms with Gasteiger partial charge in [-0.25, -0.2) is 9.59 Å². The molecule has 5 rings (SSSR count). The first kappa shape index (κ1) is 29.6. The van der Waals surface area contributed by atoms with Crippen LogP contribution in [0, 0.1) is 10.8 Å². The fraction of sp³-hybridized carbons (Fsp3) is 0.400. The van der Waals surface area contributed by atoms with Crippen molar-refractivity contribution in [3.63, 3.8) is 0 Å². The summed E-state index contributed by atoms with van der Waals surface area (Å²) >= 11 is 3.40. The maximum absolute atomic E-state index is 12.0. The molecule has 2 N–H and O–H groups in total. The van der Waals surface area contributed by atoms with E-state index in [1.165, 1.54) is 25.1 Å². The molecule has 6 nitrogen and oxygen atoms in total. The van der Waals surface area contributed by atoms with Gasteiger partial charge >= 0.3 is 11.9 Å². The van der Waals surface area contributed by atoms with Crippen LogP contribution in [0.2, 0.25) is 12.6 Å². The number of carbonyl (C=O) groups excluding carboxylic acids is 2. The predicted molar refractivity (Wildman–Crippen MR) is 161 cm³/mol. The van der Waals surface area contributed by atoms with Crippen LogP contribution in [0.5, 0.6) is 0 Å². The van der Waals surface area contributed by atoms with Crippen molar-refractivity contribution in [3.8, 4) is 0 Å². The van der Waals surface area contributed by atoms with Crippen molar-refractivity contribution in [2.75, 3.05) is 14.2 Å². The van der Waals surface area contributed by atoms with Gasteiger partial charge in [0.15, 0.2) is 6.71 Å². The molecule has 0 unspecified atom stereocenters. The molecule has 38 heavy (non-hydrogen) atoms. The van der Waals surface area contributed by atoms with Crippen LogP contribution < -0.4 is 5.46 Å². The summed E-state index contributed by atoms with van der Waals surface area (Å²) in [6, 6.07) is 11.5. The van der Waals surface area contributed by atoms with Gasteiger partial charge in [-0.3, -0.25) is 0 Å². The summed E-state index contributed by atoms with van der Waals surface area (Å²) in [5.74, 6) is -0.600. The van der Waals surface area contributed by atoms with E-state index >= 15 is 0 Å². The Morgan fingerprint density at radius 3 is 1.74 bits per heavy atom. The molecular weight excluding hydrogens is 543 g/mol. The summed E-state index contributed by atoms with van der Waals surface area (Å²) in [4.78, 5) is 29.5. The second kappa shape index (κ2) is 11.8. The third-order valence-corrected chi connectivity index (χ3v) is 8.60. The molecular formula is C30H38BBrN2O4. The van der Waals surface area contributed by atoms with Crippen LogP contribution >= 0.6 is 15.9 Å². The largest absolute Gasteiger partial charge is 0.465 e. The molecule has 3 heterocycles. The van der Waals surface area contributed by atoms with Gasteiger partial charge in [-0.15, -0.1) is 0 Å². The second-order valence-corrected chi connectivity index (χ2v) is 11.6. The standard InChI is InChI=1S/C18H24BNO2.C10H8BrNO2.C2H6/c1-17(2)10-19(11-18(17,3)4)14-8-12(16(21)22-5)9-15-13(14)6-7-20-15;1-14-10(13)6-4-8(11)7-2-3-12-9(7)5-6;1-2/h6-9,20H,10-11H2,1-5H3;2-5,12H,1H3;1-2H3. The van der Waals surface area contributed by atoms with Gasteiger partial charge in [-0.05, 0) is 46.5 Å². The van der Waals surface area contributed by atoms with Crippen molar-refractivity contribution < 1.29 is 19.1 Å². The molecule has 4 aromatic rings. The van der Waals surface area contributed by atoms with E-state index in [1.807, 2.05) is 44.4 Å². The topological polar surface area (TPSA) is 84.2 Å². The zero-order valence-corrected chi connectivity index (χ0v) is 25.2. The Morgan fingerprint density at radius 1 is 0.789 bits per heavy atom. The van der Waals surface area contributed by atoms with E-state index in [1.54, 1.807) is 12.1 Å². The van der Waals surface area contributed by atoms with Crippen molar-refractivity contribution in [1.29, 1.82) is 0 Å². The zero-order chi connectivity index (χ0) is 28.3. The highest BCUT2D eigenvalue weighted by atomic mass is 79.9. The normalized spacial score (nSPS) is 15.3. The summed E-state index contributed by atoms with van der Waals surface area (Å²) in [5, 5.41) is 2.28. The predicted octanol–water partition coefficient (Wildman–Crippen LogP) is 7.47. The molecule has 0 radical (unpaired) electrons. The third kappa shape index (κ3) is 5.85. The lowest BCUT2D eigenvalue weighted by molar-refractivity contribution is 0.0592. The number of halogens is 1. The summed E-state index contributed by atoms with van der Waals surface area (Å²) in [5.41, 5.74) is 4.96. The van der Waals surface area contributed by atoms with Crippen LogP contribution in [0.3, 0.4) is 0 Å². The highest BCUT2D eigenvalue weighted by Gasteiger charge is 2.48. The van der Waals surface area contributed by atoms with E-state index in [2.05, 4.69) is 64.4 Å². The van der Waals surface area contributed by atoms with E-state index in [4.69, 9.17) is 4.74 Å². The van der Waals surface area contributed by atoms with Gasteiger partial charge in [0.05, 0.1) is 25.3 Å². The average molecular weight is 581 g/mol. The smallest absolute Gasteiger partial charge is 0.337 e. The molecule has 1 aliphatic rings. The first-order chi connectivity index (χ1) is 18.0. The molecule has 8 heteroatoms. The van der Waals surface area contributed by atoms with Crippen LogP contribution in [-0.4, -0.2) is 42.8 Å². The minimum absolute atomic E-state index is 0.269. The molecule has 0 bridgehead atoms. The van der Waals surface area contributed by atoms with Gasteiger partial charge in [-0.2, -0.15) is 0 Å². The number of carbonyl (C=O) groups is 2. The van der Waals surface area contributed by atoms with Crippen molar-refractivity contribution in [3.05, 3.63) is 64.4 Å². The fourth-order valence-corrected chi connectivity index (χ4v) is 5.80. The van der Waals surface area contributed by atoms with E-state index in [0.717, 1.165) is 33.5 Å². The summed E-state index contributed by atoms with van der Waals surface area (Å²) < 4.78 is 10.4. The number of aromatic nitrogens is 2. The van der Waals surface area contributed by atoms with Crippen LogP contribution in [0.1, 0.15) is 62.3 Å². The van der Waals surface area contributed by atoms with Crippen molar-refractivity contribution in [2.24, 2.45) is 10.8 Å². The molecule has 0 spiro atoms. The first-order valence-electron chi connectivity index (χ1n) is 13.0. The molecule has 0 saturated carbocycles. The van der Waals surface area contributed by atoms with Crippen molar-refractivity contribution in [2.45, 2.75) is 54.2 Å². The van der Waals surface area contributed by atoms with E-state index in [-0.39, 0.29) is 11.9 Å². The van der Waals surface area contributed by atoms with E-state index in [9.17, 15) is 9.59 Å². The number of fused-ring (bicyclic) bond motifs is 2. The monoisotopic (exact) mass is 580 g/mol. The number of methoxy groups -OCH3 is 2. The Balaban J connectivity index is 0.000000215. The van der Waals surface area contributed by atoms with Crippen molar-refractivity contribution >= 4 is 61.8 Å². The average Bonchev–Trinajstić information content (AvgIpc) is 3.61. The number of ether oxygens (including phenoxy) is 2. The Bertz CT molecular complexity index is 1420. The molecule has 1 saturated heterocycles. The van der Waals surface area contributed by atoms with Gasteiger partial charge in [0, 0.05) is 33.3 Å². The summed E-state index contributed by atoms with van der Waals surface area (Å²) in [6.45, 7) is 13.9. The van der Waals surface area contributed by atoms with Crippen LogP contribution in [0.15, 0.2) is 53.3 Å². The Kier molecular flexibility index (Phi) is 9.19. The number of esters is 2. The summed E-state index contributed by atoms with van der Waals surface area (Å²) in [6.07, 6.45) is 6.06. The quantitative estimate of drug-likeness (QED) is 0.194. The van der Waals surface area contributed by atoms with Gasteiger partial charge in [0.1, 0.15) is 0 Å². The number of nitrogens with one attached hydrogen (secondary N) is 2. The van der Waals surface area contributed by atoms with Crippen LogP contribution in [0.4, 0.5) is 0 Å². The lowest BCUT2D eigenvalue weighted by Gasteiger charge is -2.35. The maximum atomic E-state index is 12.0. The number of hydrogen-bond donors (Lipinski definition) is 2. The molecule has 1 fully saturated rings. The molecule has 0 amide bonds. The number of aromatic amines is 2. The first-order valence-corrected chi connectivity index (χ1v) is 13.8. The molecule has 2 aromatic carbocycles. The Hall–Kier alpha value is -3.00. The minimum atomic E-state index is -0.331. The number of rotatable bonds is 3. The molecule has 2 aromatic heterocycles. The molecule has 1 aliphatic heterocycles. The molecule has 0 atom stereocenters. The molecule has 0 aliphatic carbocycles. The summed E-state index contributed by atoms with van der Waals surface area (Å²) in [7, 11) is 2.80. The van der Waals surface area contributed by atoms with Gasteiger partial charge in [0.2, 0.25) is 0 Å². The lowest BCUT2D eigenvalue weighted by atomic mass is 9.41. The lowest BCUT2D eigenvalue weighted by Crippen LogP contribution is -2.29. The Morgan fingerprint density at radius 2 is 1.24 bits per heavy atom. The van der Waals surface area contributed by atoms with Crippen LogP contribution in [-0.2, 0) is 9.47 Å². The second-order valence-electron chi connectivity index (χ2n) is 10.8.